The molecule has 0 N–H and O–H groups in total. The fourth-order valence-corrected chi connectivity index (χ4v) is 2.77. The Kier molecular flexibility index (Phi) is 5.75. The van der Waals surface area contributed by atoms with E-state index in [1.54, 1.807) is 12.1 Å². The number of carbonyl (C=O) groups is 1. The fourth-order valence-electron chi connectivity index (χ4n) is 2.77. The lowest BCUT2D eigenvalue weighted by Gasteiger charge is -2.30. The first-order chi connectivity index (χ1) is 10.7. The van der Waals surface area contributed by atoms with Gasteiger partial charge in [0.1, 0.15) is 0 Å². The first-order valence-electron chi connectivity index (χ1n) is 7.88. The average molecular weight is 304 g/mol. The molecule has 1 aromatic rings. The second-order valence-corrected chi connectivity index (χ2v) is 5.11. The number of carbonyl (C=O) groups excluding carboxylic acids is 1. The molecule has 0 aromatic heterocycles. The lowest BCUT2D eigenvalue weighted by Crippen LogP contribution is -2.31. The fraction of sp³-hybridized carbons (Fsp3) is 0.500. The summed E-state index contributed by atoms with van der Waals surface area (Å²) in [6.45, 7) is 5.38. The molecule has 4 nitrogen and oxygen atoms in total. The van der Waals surface area contributed by atoms with Crippen molar-refractivity contribution in [3.63, 3.8) is 0 Å². The molecule has 1 heterocycles. The Morgan fingerprint density at radius 1 is 1.14 bits per heavy atom. The zero-order chi connectivity index (χ0) is 16.0. The van der Waals surface area contributed by atoms with Crippen LogP contribution in [-0.4, -0.2) is 32.1 Å². The maximum absolute atomic E-state index is 11.4. The number of allylic oxidation sites excluding steroid dienone is 1. The van der Waals surface area contributed by atoms with Gasteiger partial charge < -0.3 is 14.2 Å². The molecule has 3 rings (SSSR count). The van der Waals surface area contributed by atoms with Crippen LogP contribution in [0.5, 0.6) is 0 Å². The third-order valence-electron chi connectivity index (χ3n) is 3.93. The lowest BCUT2D eigenvalue weighted by molar-refractivity contribution is -0.159. The number of benzene rings is 1. The van der Waals surface area contributed by atoms with Gasteiger partial charge in [0.2, 0.25) is 0 Å². The maximum atomic E-state index is 11.4. The van der Waals surface area contributed by atoms with E-state index >= 15 is 0 Å². The minimum Gasteiger partial charge on any atom is -0.465 e. The van der Waals surface area contributed by atoms with Crippen LogP contribution in [0.2, 0.25) is 0 Å². The van der Waals surface area contributed by atoms with E-state index in [-0.39, 0.29) is 11.8 Å². The van der Waals surface area contributed by atoms with E-state index in [2.05, 4.69) is 6.08 Å². The summed E-state index contributed by atoms with van der Waals surface area (Å²) in [6, 6.07) is 7.53. The molecule has 1 fully saturated rings. The van der Waals surface area contributed by atoms with Crippen LogP contribution < -0.4 is 0 Å². The molecule has 0 atom stereocenters. The van der Waals surface area contributed by atoms with Gasteiger partial charge in [-0.05, 0) is 29.7 Å². The van der Waals surface area contributed by atoms with E-state index in [4.69, 9.17) is 14.2 Å². The highest BCUT2D eigenvalue weighted by Crippen LogP contribution is 2.38. The Hall–Kier alpha value is -1.65. The predicted molar refractivity (Wildman–Crippen MR) is 85.6 cm³/mol. The molecule has 0 unspecified atom stereocenters. The molecule has 1 saturated heterocycles. The molecule has 120 valence electrons. The first kappa shape index (κ1) is 16.7. The van der Waals surface area contributed by atoms with Crippen LogP contribution in [0, 0.1) is 0 Å². The highest BCUT2D eigenvalue weighted by molar-refractivity contribution is 5.89. The van der Waals surface area contributed by atoms with Crippen molar-refractivity contribution in [1.29, 1.82) is 0 Å². The topological polar surface area (TPSA) is 44.8 Å². The van der Waals surface area contributed by atoms with Crippen molar-refractivity contribution < 1.29 is 19.0 Å². The van der Waals surface area contributed by atoms with Crippen molar-refractivity contribution in [3.8, 4) is 0 Å². The van der Waals surface area contributed by atoms with Gasteiger partial charge in [-0.3, -0.25) is 0 Å². The Morgan fingerprint density at radius 3 is 2.27 bits per heavy atom. The van der Waals surface area contributed by atoms with Crippen molar-refractivity contribution in [3.05, 3.63) is 41.5 Å². The summed E-state index contributed by atoms with van der Waals surface area (Å²) in [5, 5.41) is 0. The molecule has 1 aromatic carbocycles. The van der Waals surface area contributed by atoms with Crippen molar-refractivity contribution in [1.82, 2.24) is 0 Å². The first-order valence-corrected chi connectivity index (χ1v) is 7.88. The molecule has 1 aliphatic carbocycles. The Bertz CT molecular complexity index is 525. The molecule has 22 heavy (non-hydrogen) atoms. The van der Waals surface area contributed by atoms with Crippen LogP contribution in [0.25, 0.3) is 5.57 Å². The van der Waals surface area contributed by atoms with E-state index in [0.717, 1.165) is 24.8 Å². The molecule has 4 heteroatoms. The summed E-state index contributed by atoms with van der Waals surface area (Å²) in [7, 11) is 1.39. The third kappa shape index (κ3) is 3.57. The van der Waals surface area contributed by atoms with E-state index in [1.165, 1.54) is 12.7 Å². The van der Waals surface area contributed by atoms with Crippen LogP contribution >= 0.6 is 0 Å². The number of esters is 1. The molecular weight excluding hydrogens is 280 g/mol. The zero-order valence-corrected chi connectivity index (χ0v) is 13.6. The van der Waals surface area contributed by atoms with Crippen molar-refractivity contribution in [2.45, 2.75) is 38.9 Å². The van der Waals surface area contributed by atoms with E-state index < -0.39 is 0 Å². The van der Waals surface area contributed by atoms with Gasteiger partial charge in [-0.2, -0.15) is 0 Å². The maximum Gasteiger partial charge on any atom is 0.337 e. The second kappa shape index (κ2) is 7.56. The smallest absolute Gasteiger partial charge is 0.337 e. The summed E-state index contributed by atoms with van der Waals surface area (Å²) in [4.78, 5) is 11.4. The Labute approximate surface area is 132 Å². The van der Waals surface area contributed by atoms with Gasteiger partial charge in [0.05, 0.1) is 25.9 Å². The van der Waals surface area contributed by atoms with Crippen molar-refractivity contribution in [2.24, 2.45) is 0 Å². The Balaban J connectivity index is 0.000000847. The highest BCUT2D eigenvalue weighted by atomic mass is 16.7. The second-order valence-electron chi connectivity index (χ2n) is 5.11. The number of hydrogen-bond donors (Lipinski definition) is 0. The van der Waals surface area contributed by atoms with Gasteiger partial charge in [0.15, 0.2) is 5.79 Å². The van der Waals surface area contributed by atoms with E-state index in [1.807, 2.05) is 26.0 Å². The van der Waals surface area contributed by atoms with E-state index in [9.17, 15) is 4.79 Å². The molecule has 2 aliphatic rings. The van der Waals surface area contributed by atoms with Crippen LogP contribution in [-0.2, 0) is 14.2 Å². The van der Waals surface area contributed by atoms with Gasteiger partial charge in [-0.25, -0.2) is 4.79 Å². The summed E-state index contributed by atoms with van der Waals surface area (Å²) in [5.74, 6) is -0.684. The molecule has 0 saturated carbocycles. The van der Waals surface area contributed by atoms with Crippen LogP contribution in [0.4, 0.5) is 0 Å². The molecule has 0 radical (unpaired) electrons. The summed E-state index contributed by atoms with van der Waals surface area (Å²) in [5.41, 5.74) is 3.00. The third-order valence-corrected chi connectivity index (χ3v) is 3.93. The molecule has 1 spiro atoms. The van der Waals surface area contributed by atoms with Gasteiger partial charge in [-0.15, -0.1) is 0 Å². The van der Waals surface area contributed by atoms with Crippen molar-refractivity contribution >= 4 is 11.5 Å². The Morgan fingerprint density at radius 2 is 1.77 bits per heavy atom. The average Bonchev–Trinajstić information content (AvgIpc) is 3.05. The quantitative estimate of drug-likeness (QED) is 0.779. The van der Waals surface area contributed by atoms with Crippen LogP contribution in [0.1, 0.15) is 49.0 Å². The number of hydrogen-bond acceptors (Lipinski definition) is 4. The molecular formula is C18H24O4. The minimum absolute atomic E-state index is 0.305. The van der Waals surface area contributed by atoms with Crippen molar-refractivity contribution in [2.75, 3.05) is 20.3 Å². The SMILES string of the molecule is CC.COC(=O)c1ccc(C2=CCC3(CC2)OCCO3)cc1. The van der Waals surface area contributed by atoms with Gasteiger partial charge >= 0.3 is 5.97 Å². The van der Waals surface area contributed by atoms with E-state index in [0.29, 0.717) is 18.8 Å². The molecule has 0 bridgehead atoms. The number of ether oxygens (including phenoxy) is 3. The number of methoxy groups -OCH3 is 1. The minimum atomic E-state index is -0.380. The summed E-state index contributed by atoms with van der Waals surface area (Å²) in [6.07, 6.45) is 4.79. The number of rotatable bonds is 2. The lowest BCUT2D eigenvalue weighted by atomic mass is 9.89. The monoisotopic (exact) mass is 304 g/mol. The predicted octanol–water partition coefficient (Wildman–Crippen LogP) is 3.81. The molecule has 0 amide bonds. The van der Waals surface area contributed by atoms with Gasteiger partial charge in [0, 0.05) is 12.8 Å². The van der Waals surface area contributed by atoms with Crippen LogP contribution in [0.15, 0.2) is 30.3 Å². The molecule has 1 aliphatic heterocycles. The summed E-state index contributed by atoms with van der Waals surface area (Å²) >= 11 is 0. The zero-order valence-electron chi connectivity index (χ0n) is 13.6. The largest absolute Gasteiger partial charge is 0.465 e. The van der Waals surface area contributed by atoms with Crippen LogP contribution in [0.3, 0.4) is 0 Å². The van der Waals surface area contributed by atoms with Gasteiger partial charge in [0.25, 0.3) is 0 Å². The normalized spacial score (nSPS) is 19.1. The highest BCUT2D eigenvalue weighted by Gasteiger charge is 2.37. The summed E-state index contributed by atoms with van der Waals surface area (Å²) < 4.78 is 16.1. The van der Waals surface area contributed by atoms with Gasteiger partial charge in [-0.1, -0.05) is 32.1 Å². The standard InChI is InChI=1S/C16H18O4.C2H6/c1-18-15(17)14-4-2-12(3-5-14)13-6-8-16(9-7-13)19-10-11-20-16;1-2/h2-6H,7-11H2,1H3;1-2H3.